The highest BCUT2D eigenvalue weighted by Crippen LogP contribution is 2.58. The smallest absolute Gasteiger partial charge is 0.0639 e. The molecule has 0 amide bonds. The number of rotatable bonds is 2. The van der Waals surface area contributed by atoms with Crippen molar-refractivity contribution >= 4 is 5.57 Å². The van der Waals surface area contributed by atoms with Crippen LogP contribution in [0.15, 0.2) is 96.1 Å². The zero-order valence-corrected chi connectivity index (χ0v) is 16.5. The lowest BCUT2D eigenvalue weighted by molar-refractivity contribution is 0.516. The Hall–Kier alpha value is -2.64. The topological polar surface area (TPSA) is 26.0 Å². The fourth-order valence-corrected chi connectivity index (χ4v) is 5.32. The summed E-state index contributed by atoms with van der Waals surface area (Å²) in [6.45, 7) is 2.14. The first kappa shape index (κ1) is 17.5. The van der Waals surface area contributed by atoms with Gasteiger partial charge in [0.15, 0.2) is 0 Å². The van der Waals surface area contributed by atoms with Crippen molar-refractivity contribution in [1.82, 2.24) is 0 Å². The van der Waals surface area contributed by atoms with Gasteiger partial charge in [0.25, 0.3) is 0 Å². The van der Waals surface area contributed by atoms with Gasteiger partial charge in [0.1, 0.15) is 0 Å². The summed E-state index contributed by atoms with van der Waals surface area (Å²) in [6, 6.07) is 20.1. The van der Waals surface area contributed by atoms with E-state index in [0.29, 0.717) is 0 Å². The lowest BCUT2D eigenvalue weighted by Gasteiger charge is -2.39. The van der Waals surface area contributed by atoms with Crippen LogP contribution in [0.3, 0.4) is 0 Å². The Labute approximate surface area is 168 Å². The fraction of sp³-hybridized carbons (Fsp3) is 0.259. The number of hydrogen-bond donors (Lipinski definition) is 1. The Morgan fingerprint density at radius 3 is 2.50 bits per heavy atom. The highest BCUT2D eigenvalue weighted by atomic mass is 14.7. The normalized spacial score (nSPS) is 28.6. The molecule has 2 atom stereocenters. The number of benzene rings is 2. The Balaban J connectivity index is 1.86. The van der Waals surface area contributed by atoms with E-state index in [0.717, 1.165) is 25.7 Å². The summed E-state index contributed by atoms with van der Waals surface area (Å²) >= 11 is 0. The maximum atomic E-state index is 6.57. The van der Waals surface area contributed by atoms with Crippen LogP contribution in [0.5, 0.6) is 0 Å². The molecular formula is C27H27N. The molecule has 1 heteroatoms. The van der Waals surface area contributed by atoms with E-state index >= 15 is 0 Å². The zero-order chi connectivity index (χ0) is 19.2. The van der Waals surface area contributed by atoms with Crippen LogP contribution in [0.25, 0.3) is 5.57 Å². The fourth-order valence-electron chi connectivity index (χ4n) is 5.32. The van der Waals surface area contributed by atoms with Gasteiger partial charge in [-0.2, -0.15) is 0 Å². The summed E-state index contributed by atoms with van der Waals surface area (Å²) in [4.78, 5) is 0. The third-order valence-electron chi connectivity index (χ3n) is 6.65. The predicted octanol–water partition coefficient (Wildman–Crippen LogP) is 6.08. The molecule has 28 heavy (non-hydrogen) atoms. The summed E-state index contributed by atoms with van der Waals surface area (Å²) in [5, 5.41) is 0. The molecule has 0 saturated carbocycles. The van der Waals surface area contributed by atoms with Crippen LogP contribution in [0.2, 0.25) is 0 Å². The molecule has 0 bridgehead atoms. The standard InChI is InChI=1S/C27H27N/c1-26(28)18-16-23-22-14-8-9-15-24(22)27(25(23)17-19-26,20-10-4-2-5-11-20)21-12-6-3-7-13-21/h2-6,8-12,14-16,18H,7,13,17,19,28H2,1H3. The molecular weight excluding hydrogens is 338 g/mol. The third-order valence-corrected chi connectivity index (χ3v) is 6.65. The van der Waals surface area contributed by atoms with E-state index in [4.69, 9.17) is 5.73 Å². The second-order valence-electron chi connectivity index (χ2n) is 8.55. The predicted molar refractivity (Wildman–Crippen MR) is 118 cm³/mol. The molecule has 2 N–H and O–H groups in total. The van der Waals surface area contributed by atoms with E-state index < -0.39 is 0 Å². The van der Waals surface area contributed by atoms with Gasteiger partial charge in [0.05, 0.1) is 5.41 Å². The molecule has 3 aliphatic rings. The first-order valence-electron chi connectivity index (χ1n) is 10.4. The van der Waals surface area contributed by atoms with Crippen LogP contribution in [0, 0.1) is 0 Å². The largest absolute Gasteiger partial charge is 0.322 e. The molecule has 3 aliphatic carbocycles. The molecule has 2 aromatic carbocycles. The average Bonchev–Trinajstić information content (AvgIpc) is 2.92. The van der Waals surface area contributed by atoms with Crippen molar-refractivity contribution in [3.63, 3.8) is 0 Å². The van der Waals surface area contributed by atoms with Gasteiger partial charge in [0, 0.05) is 5.54 Å². The minimum atomic E-state index is -0.261. The van der Waals surface area contributed by atoms with E-state index in [2.05, 4.69) is 91.9 Å². The Morgan fingerprint density at radius 2 is 1.71 bits per heavy atom. The van der Waals surface area contributed by atoms with Crippen molar-refractivity contribution in [1.29, 1.82) is 0 Å². The van der Waals surface area contributed by atoms with E-state index in [9.17, 15) is 0 Å². The van der Waals surface area contributed by atoms with Gasteiger partial charge in [-0.25, -0.2) is 0 Å². The highest BCUT2D eigenvalue weighted by molar-refractivity contribution is 5.90. The van der Waals surface area contributed by atoms with Crippen molar-refractivity contribution in [3.05, 3.63) is 113 Å². The van der Waals surface area contributed by atoms with Crippen LogP contribution in [-0.4, -0.2) is 5.54 Å². The van der Waals surface area contributed by atoms with Crippen molar-refractivity contribution < 1.29 is 0 Å². The average molecular weight is 366 g/mol. The first-order chi connectivity index (χ1) is 13.6. The van der Waals surface area contributed by atoms with E-state index in [-0.39, 0.29) is 11.0 Å². The van der Waals surface area contributed by atoms with E-state index in [1.54, 1.807) is 0 Å². The number of fused-ring (bicyclic) bond motifs is 2. The lowest BCUT2D eigenvalue weighted by atomic mass is 9.63. The molecule has 2 aromatic rings. The number of allylic oxidation sites excluding steroid dienone is 7. The van der Waals surface area contributed by atoms with E-state index in [1.165, 1.54) is 33.4 Å². The number of nitrogens with two attached hydrogens (primary N) is 1. The van der Waals surface area contributed by atoms with Gasteiger partial charge in [-0.1, -0.05) is 90.6 Å². The zero-order valence-electron chi connectivity index (χ0n) is 16.5. The summed E-state index contributed by atoms with van der Waals surface area (Å²) < 4.78 is 0. The Kier molecular flexibility index (Phi) is 4.03. The molecule has 0 aliphatic heterocycles. The maximum absolute atomic E-state index is 6.57. The van der Waals surface area contributed by atoms with Crippen LogP contribution in [0.4, 0.5) is 0 Å². The second-order valence-corrected chi connectivity index (χ2v) is 8.55. The molecule has 0 spiro atoms. The minimum Gasteiger partial charge on any atom is -0.322 e. The van der Waals surface area contributed by atoms with Crippen molar-refractivity contribution in [3.8, 4) is 0 Å². The molecule has 140 valence electrons. The summed E-state index contributed by atoms with van der Waals surface area (Å²) in [5.41, 5.74) is 14.7. The number of hydrogen-bond acceptors (Lipinski definition) is 1. The van der Waals surface area contributed by atoms with Crippen molar-refractivity contribution in [2.24, 2.45) is 5.73 Å². The minimum absolute atomic E-state index is 0.178. The molecule has 1 nitrogen and oxygen atoms in total. The van der Waals surface area contributed by atoms with Crippen LogP contribution >= 0.6 is 0 Å². The SMILES string of the molecule is CC1(N)C=CC2=C(CC1)C(C1=CC=CCC1)(c1ccccc1)c1ccccc12. The molecule has 2 unspecified atom stereocenters. The molecule has 0 fully saturated rings. The van der Waals surface area contributed by atoms with E-state index in [1.807, 2.05) is 0 Å². The second kappa shape index (κ2) is 6.46. The summed E-state index contributed by atoms with van der Waals surface area (Å²) in [6.07, 6.45) is 15.6. The van der Waals surface area contributed by atoms with Gasteiger partial charge in [-0.3, -0.25) is 0 Å². The Bertz CT molecular complexity index is 1030. The van der Waals surface area contributed by atoms with Gasteiger partial charge in [-0.05, 0) is 60.4 Å². The van der Waals surface area contributed by atoms with Crippen LogP contribution < -0.4 is 5.73 Å². The highest BCUT2D eigenvalue weighted by Gasteiger charge is 2.48. The maximum Gasteiger partial charge on any atom is 0.0639 e. The van der Waals surface area contributed by atoms with Crippen LogP contribution in [-0.2, 0) is 5.41 Å². The lowest BCUT2D eigenvalue weighted by Crippen LogP contribution is -2.35. The monoisotopic (exact) mass is 365 g/mol. The van der Waals surface area contributed by atoms with Crippen LogP contribution in [0.1, 0.15) is 49.3 Å². The molecule has 0 saturated heterocycles. The third kappa shape index (κ3) is 2.50. The van der Waals surface area contributed by atoms with Gasteiger partial charge < -0.3 is 5.73 Å². The Morgan fingerprint density at radius 1 is 0.929 bits per heavy atom. The molecule has 0 aromatic heterocycles. The molecule has 5 rings (SSSR count). The summed E-state index contributed by atoms with van der Waals surface area (Å²) in [5.74, 6) is 0. The molecule has 0 radical (unpaired) electrons. The summed E-state index contributed by atoms with van der Waals surface area (Å²) in [7, 11) is 0. The molecule has 0 heterocycles. The van der Waals surface area contributed by atoms with Gasteiger partial charge in [-0.15, -0.1) is 0 Å². The van der Waals surface area contributed by atoms with Crippen molar-refractivity contribution in [2.75, 3.05) is 0 Å². The van der Waals surface area contributed by atoms with Gasteiger partial charge >= 0.3 is 0 Å². The first-order valence-corrected chi connectivity index (χ1v) is 10.4. The quantitative estimate of drug-likeness (QED) is 0.685. The van der Waals surface area contributed by atoms with Crippen molar-refractivity contribution in [2.45, 2.75) is 43.6 Å². The van der Waals surface area contributed by atoms with Gasteiger partial charge in [0.2, 0.25) is 0 Å².